The molecule has 0 amide bonds. The van der Waals surface area contributed by atoms with Gasteiger partial charge in [-0.05, 0) is 93.9 Å². The van der Waals surface area contributed by atoms with Crippen LogP contribution in [0.25, 0.3) is 22.1 Å². The quantitative estimate of drug-likeness (QED) is 0.171. The monoisotopic (exact) mass is 590 g/mol. The van der Waals surface area contributed by atoms with Gasteiger partial charge in [-0.2, -0.15) is 0 Å². The highest BCUT2D eigenvalue weighted by Crippen LogP contribution is 2.32. The standard InChI is InChI=1S/C13H8N6O3.C3Cl6O3/c20-13(21-9-5-1-3-7-11(9)16-18-14-7)22-10-6-2-4-8-12(10)17-19-15-8;4-2(5,6)11-1(10)12-3(7,8)9/h1-6H,(H,14,16,18)(H,15,17,19);. The number of hydrogen-bond acceptors (Lipinski definition) is 10. The molecule has 0 saturated heterocycles. The molecule has 18 heteroatoms. The van der Waals surface area contributed by atoms with Crippen molar-refractivity contribution in [2.75, 3.05) is 0 Å². The van der Waals surface area contributed by atoms with Gasteiger partial charge in [0.05, 0.1) is 11.0 Å². The Labute approximate surface area is 218 Å². The second kappa shape index (κ2) is 10.8. The number of hydrogen-bond donors (Lipinski definition) is 2. The van der Waals surface area contributed by atoms with Gasteiger partial charge in [0.25, 0.3) is 0 Å². The maximum Gasteiger partial charge on any atom is 0.519 e. The molecule has 0 aliphatic heterocycles. The van der Waals surface area contributed by atoms with E-state index in [-0.39, 0.29) is 11.5 Å². The third-order valence-electron chi connectivity index (χ3n) is 3.42. The van der Waals surface area contributed by atoms with Crippen molar-refractivity contribution in [1.29, 1.82) is 0 Å². The Morgan fingerprint density at radius 1 is 0.676 bits per heavy atom. The van der Waals surface area contributed by atoms with Gasteiger partial charge in [0, 0.05) is 0 Å². The largest absolute Gasteiger partial charge is 0.519 e. The summed E-state index contributed by atoms with van der Waals surface area (Å²) in [6.45, 7) is 0. The molecular formula is C16H8Cl6N6O6. The highest BCUT2D eigenvalue weighted by molar-refractivity contribution is 6.67. The Hall–Kier alpha value is -2.48. The average molecular weight is 593 g/mol. The highest BCUT2D eigenvalue weighted by Gasteiger charge is 2.32. The van der Waals surface area contributed by atoms with Crippen molar-refractivity contribution in [3.05, 3.63) is 36.4 Å². The Bertz CT molecular complexity index is 1210. The first-order chi connectivity index (χ1) is 15.9. The van der Waals surface area contributed by atoms with E-state index in [1.165, 1.54) is 0 Å². The first-order valence-corrected chi connectivity index (χ1v) is 10.7. The SMILES string of the molecule is O=C(OC(Cl)(Cl)Cl)OC(Cl)(Cl)Cl.O=C(Oc1cccc2[nH]nnc12)Oc1cccc2[nH]nnc12. The lowest BCUT2D eigenvalue weighted by Gasteiger charge is -2.15. The summed E-state index contributed by atoms with van der Waals surface area (Å²) in [4.78, 5) is 22.5. The number of carbonyl (C=O) groups excluding carboxylic acids is 2. The number of nitrogens with zero attached hydrogens (tertiary/aromatic N) is 4. The number of fused-ring (bicyclic) bond motifs is 2. The summed E-state index contributed by atoms with van der Waals surface area (Å²) in [6.07, 6.45) is -2.30. The molecule has 4 rings (SSSR count). The lowest BCUT2D eigenvalue weighted by atomic mass is 10.3. The zero-order chi connectivity index (χ0) is 24.9. The molecule has 0 bridgehead atoms. The van der Waals surface area contributed by atoms with Crippen LogP contribution in [0.1, 0.15) is 0 Å². The Morgan fingerprint density at radius 2 is 1.09 bits per heavy atom. The van der Waals surface area contributed by atoms with E-state index in [1.807, 2.05) is 0 Å². The van der Waals surface area contributed by atoms with Crippen molar-refractivity contribution in [3.8, 4) is 11.5 Å². The van der Waals surface area contributed by atoms with Gasteiger partial charge in [-0.3, -0.25) is 10.2 Å². The minimum atomic E-state index is -2.24. The zero-order valence-electron chi connectivity index (χ0n) is 16.0. The van der Waals surface area contributed by atoms with Gasteiger partial charge < -0.3 is 18.9 Å². The van der Waals surface area contributed by atoms with Crippen LogP contribution in [0.5, 0.6) is 11.5 Å². The number of alkyl halides is 6. The van der Waals surface area contributed by atoms with Crippen LogP contribution < -0.4 is 9.47 Å². The molecule has 0 unspecified atom stereocenters. The van der Waals surface area contributed by atoms with Crippen LogP contribution in [-0.4, -0.2) is 51.1 Å². The highest BCUT2D eigenvalue weighted by atomic mass is 35.6. The number of aromatic nitrogens is 6. The molecule has 0 radical (unpaired) electrons. The van der Waals surface area contributed by atoms with Gasteiger partial charge in [0.15, 0.2) is 22.5 Å². The van der Waals surface area contributed by atoms with Gasteiger partial charge in [-0.1, -0.05) is 22.6 Å². The van der Waals surface area contributed by atoms with Crippen LogP contribution in [0.4, 0.5) is 9.59 Å². The third-order valence-corrected chi connectivity index (χ3v) is 3.89. The molecule has 2 aromatic heterocycles. The maximum absolute atomic E-state index is 12.0. The zero-order valence-corrected chi connectivity index (χ0v) is 20.5. The van der Waals surface area contributed by atoms with Crippen LogP contribution in [0.15, 0.2) is 36.4 Å². The average Bonchev–Trinajstić information content (AvgIpc) is 3.35. The van der Waals surface area contributed by atoms with E-state index in [0.29, 0.717) is 22.1 Å². The molecule has 0 aliphatic rings. The smallest absolute Gasteiger partial charge is 0.392 e. The fourth-order valence-corrected chi connectivity index (χ4v) is 2.64. The van der Waals surface area contributed by atoms with E-state index in [9.17, 15) is 9.59 Å². The molecule has 0 saturated carbocycles. The molecule has 12 nitrogen and oxygen atoms in total. The molecular weight excluding hydrogens is 585 g/mol. The Balaban J connectivity index is 0.000000232. The number of H-pyrrole nitrogens is 2. The van der Waals surface area contributed by atoms with Crippen molar-refractivity contribution >= 4 is 104 Å². The van der Waals surface area contributed by atoms with E-state index in [4.69, 9.17) is 79.1 Å². The molecule has 0 spiro atoms. The molecule has 2 aromatic carbocycles. The third kappa shape index (κ3) is 7.79. The van der Waals surface area contributed by atoms with Crippen LogP contribution in [0.2, 0.25) is 0 Å². The van der Waals surface area contributed by atoms with E-state index >= 15 is 0 Å². The van der Waals surface area contributed by atoms with Crippen molar-refractivity contribution in [1.82, 2.24) is 30.8 Å². The summed E-state index contributed by atoms with van der Waals surface area (Å²) in [7, 11) is 0. The van der Waals surface area contributed by atoms with Crippen molar-refractivity contribution in [2.45, 2.75) is 7.96 Å². The predicted molar refractivity (Wildman–Crippen MR) is 123 cm³/mol. The fraction of sp³-hybridized carbons (Fsp3) is 0.125. The lowest BCUT2D eigenvalue weighted by Crippen LogP contribution is -2.22. The van der Waals surface area contributed by atoms with Gasteiger partial charge in [0.2, 0.25) is 0 Å². The minimum Gasteiger partial charge on any atom is -0.392 e. The van der Waals surface area contributed by atoms with Crippen LogP contribution >= 0.6 is 69.6 Å². The minimum absolute atomic E-state index is 0.253. The number of ether oxygens (including phenoxy) is 4. The summed E-state index contributed by atoms with van der Waals surface area (Å²) in [5, 5.41) is 20.4. The molecule has 0 fully saturated rings. The number of nitrogens with one attached hydrogen (secondary N) is 2. The summed E-state index contributed by atoms with van der Waals surface area (Å²) in [6, 6.07) is 10.2. The molecule has 0 atom stereocenters. The molecule has 4 aromatic rings. The Kier molecular flexibility index (Phi) is 8.34. The summed E-state index contributed by atoms with van der Waals surface area (Å²) in [5.74, 6) is 0.507. The molecule has 2 N–H and O–H groups in total. The number of aromatic amines is 2. The van der Waals surface area contributed by atoms with Gasteiger partial charge in [-0.25, -0.2) is 9.59 Å². The summed E-state index contributed by atoms with van der Waals surface area (Å²) in [5.41, 5.74) is 2.20. The molecule has 34 heavy (non-hydrogen) atoms. The predicted octanol–water partition coefficient (Wildman–Crippen LogP) is 5.60. The van der Waals surface area contributed by atoms with Crippen molar-refractivity contribution in [2.24, 2.45) is 0 Å². The number of benzene rings is 2. The molecule has 0 aliphatic carbocycles. The topological polar surface area (TPSA) is 154 Å². The van der Waals surface area contributed by atoms with Crippen LogP contribution in [0, 0.1) is 0 Å². The van der Waals surface area contributed by atoms with Gasteiger partial charge >= 0.3 is 20.3 Å². The molecule has 2 heterocycles. The van der Waals surface area contributed by atoms with E-state index in [0.717, 1.165) is 0 Å². The first kappa shape index (κ1) is 26.1. The first-order valence-electron chi connectivity index (χ1n) is 8.46. The van der Waals surface area contributed by atoms with E-state index in [1.54, 1.807) is 36.4 Å². The summed E-state index contributed by atoms with van der Waals surface area (Å²) < 4.78 is 13.9. The lowest BCUT2D eigenvalue weighted by molar-refractivity contribution is 0.0508. The number of rotatable bonds is 2. The second-order valence-electron chi connectivity index (χ2n) is 5.73. The van der Waals surface area contributed by atoms with Gasteiger partial charge in [0.1, 0.15) is 0 Å². The normalized spacial score (nSPS) is 11.5. The van der Waals surface area contributed by atoms with Crippen molar-refractivity contribution < 1.29 is 28.5 Å². The van der Waals surface area contributed by atoms with Crippen LogP contribution in [-0.2, 0) is 9.47 Å². The number of carbonyl (C=O) groups is 2. The maximum atomic E-state index is 12.0. The molecule has 180 valence electrons. The van der Waals surface area contributed by atoms with E-state index < -0.39 is 20.3 Å². The van der Waals surface area contributed by atoms with Crippen molar-refractivity contribution in [3.63, 3.8) is 0 Å². The van der Waals surface area contributed by atoms with E-state index in [2.05, 4.69) is 40.3 Å². The van der Waals surface area contributed by atoms with Crippen LogP contribution in [0.3, 0.4) is 0 Å². The number of halogens is 6. The Morgan fingerprint density at radius 3 is 1.47 bits per heavy atom. The van der Waals surface area contributed by atoms with Gasteiger partial charge in [-0.15, -0.1) is 10.2 Å². The fourth-order valence-electron chi connectivity index (χ4n) is 2.26. The summed E-state index contributed by atoms with van der Waals surface area (Å²) >= 11 is 30.2. The second-order valence-corrected chi connectivity index (χ2v) is 10.1.